The number of nitrogens with two attached hydrogens (primary N) is 1. The maximum atomic E-state index is 5.96. The first-order valence-corrected chi connectivity index (χ1v) is 6.63. The molecular weight excluding hydrogens is 228 g/mol. The predicted molar refractivity (Wildman–Crippen MR) is 69.5 cm³/mol. The highest BCUT2D eigenvalue weighted by Gasteiger charge is 2.29. The summed E-state index contributed by atoms with van der Waals surface area (Å²) in [6.07, 6.45) is 3.48. The van der Waals surface area contributed by atoms with Gasteiger partial charge in [0.1, 0.15) is 11.6 Å². The molecule has 2 N–H and O–H groups in total. The monoisotopic (exact) mass is 248 g/mol. The Morgan fingerprint density at radius 3 is 2.83 bits per heavy atom. The molecule has 2 fully saturated rings. The van der Waals surface area contributed by atoms with Crippen LogP contribution in [0.4, 0.5) is 5.82 Å². The molecule has 98 valence electrons. The standard InChI is InChI=1S/C13H20N4O/c1-18-8-11-6-12(17-5-4-10(14)7-17)16-13(15-11)9-2-3-9/h6,9-10H,2-5,7-8,14H2,1H3/t10-/m1/s1. The van der Waals surface area contributed by atoms with Gasteiger partial charge in [0, 0.05) is 38.2 Å². The van der Waals surface area contributed by atoms with Crippen molar-refractivity contribution in [3.05, 3.63) is 17.6 Å². The van der Waals surface area contributed by atoms with Gasteiger partial charge in [-0.15, -0.1) is 0 Å². The molecular formula is C13H20N4O. The van der Waals surface area contributed by atoms with E-state index < -0.39 is 0 Å². The quantitative estimate of drug-likeness (QED) is 0.862. The number of anilines is 1. The van der Waals surface area contributed by atoms with Crippen LogP contribution in [0.2, 0.25) is 0 Å². The molecule has 1 saturated heterocycles. The lowest BCUT2D eigenvalue weighted by Gasteiger charge is -2.18. The van der Waals surface area contributed by atoms with Gasteiger partial charge in [0.25, 0.3) is 0 Å². The molecule has 18 heavy (non-hydrogen) atoms. The molecule has 2 aliphatic rings. The van der Waals surface area contributed by atoms with Gasteiger partial charge in [0.05, 0.1) is 12.3 Å². The highest BCUT2D eigenvalue weighted by Crippen LogP contribution is 2.38. The summed E-state index contributed by atoms with van der Waals surface area (Å²) < 4.78 is 5.19. The van der Waals surface area contributed by atoms with Crippen LogP contribution in [-0.4, -0.2) is 36.2 Å². The van der Waals surface area contributed by atoms with E-state index in [-0.39, 0.29) is 6.04 Å². The van der Waals surface area contributed by atoms with Gasteiger partial charge in [0.15, 0.2) is 0 Å². The van der Waals surface area contributed by atoms with E-state index in [2.05, 4.69) is 9.88 Å². The zero-order valence-electron chi connectivity index (χ0n) is 10.8. The summed E-state index contributed by atoms with van der Waals surface area (Å²) in [6, 6.07) is 2.31. The van der Waals surface area contributed by atoms with Crippen LogP contribution >= 0.6 is 0 Å². The Kier molecular flexibility index (Phi) is 3.18. The van der Waals surface area contributed by atoms with Crippen molar-refractivity contribution in [1.29, 1.82) is 0 Å². The van der Waals surface area contributed by atoms with Crippen molar-refractivity contribution in [2.45, 2.75) is 37.8 Å². The topological polar surface area (TPSA) is 64.3 Å². The summed E-state index contributed by atoms with van der Waals surface area (Å²) >= 11 is 0. The fourth-order valence-corrected chi connectivity index (χ4v) is 2.41. The second-order valence-corrected chi connectivity index (χ2v) is 5.28. The van der Waals surface area contributed by atoms with Gasteiger partial charge in [0.2, 0.25) is 0 Å². The van der Waals surface area contributed by atoms with Crippen LogP contribution in [0.1, 0.15) is 36.7 Å². The van der Waals surface area contributed by atoms with E-state index in [1.165, 1.54) is 12.8 Å². The lowest BCUT2D eigenvalue weighted by molar-refractivity contribution is 0.181. The minimum absolute atomic E-state index is 0.273. The van der Waals surface area contributed by atoms with Gasteiger partial charge in [-0.3, -0.25) is 0 Å². The zero-order valence-corrected chi connectivity index (χ0v) is 10.8. The molecule has 5 nitrogen and oxygen atoms in total. The first kappa shape index (κ1) is 11.9. The van der Waals surface area contributed by atoms with Crippen LogP contribution < -0.4 is 10.6 Å². The molecule has 0 radical (unpaired) electrons. The number of aromatic nitrogens is 2. The Labute approximate surface area is 107 Å². The Balaban J connectivity index is 1.87. The highest BCUT2D eigenvalue weighted by atomic mass is 16.5. The van der Waals surface area contributed by atoms with E-state index in [1.807, 2.05) is 6.07 Å². The molecule has 0 amide bonds. The van der Waals surface area contributed by atoms with Crippen molar-refractivity contribution in [1.82, 2.24) is 9.97 Å². The summed E-state index contributed by atoms with van der Waals surface area (Å²) in [5, 5.41) is 0. The number of ether oxygens (including phenoxy) is 1. The molecule has 0 spiro atoms. The summed E-state index contributed by atoms with van der Waals surface area (Å²) in [5.74, 6) is 2.57. The van der Waals surface area contributed by atoms with Gasteiger partial charge < -0.3 is 15.4 Å². The SMILES string of the molecule is COCc1cc(N2CC[C@@H](N)C2)nc(C2CC2)n1. The van der Waals surface area contributed by atoms with Crippen molar-refractivity contribution < 1.29 is 4.74 Å². The summed E-state index contributed by atoms with van der Waals surface area (Å²) in [6.45, 7) is 2.44. The van der Waals surface area contributed by atoms with Crippen LogP contribution in [0, 0.1) is 0 Å². The van der Waals surface area contributed by atoms with Crippen molar-refractivity contribution in [2.75, 3.05) is 25.1 Å². The lowest BCUT2D eigenvalue weighted by atomic mass is 10.3. The molecule has 1 saturated carbocycles. The molecule has 1 aromatic heterocycles. The molecule has 1 aromatic rings. The fraction of sp³-hybridized carbons (Fsp3) is 0.692. The van der Waals surface area contributed by atoms with Crippen LogP contribution in [0.3, 0.4) is 0 Å². The first-order chi connectivity index (χ1) is 8.76. The maximum Gasteiger partial charge on any atom is 0.134 e. The average Bonchev–Trinajstić information content (AvgIpc) is 3.12. The Bertz CT molecular complexity index is 433. The highest BCUT2D eigenvalue weighted by molar-refractivity contribution is 5.42. The molecule has 0 bridgehead atoms. The van der Waals surface area contributed by atoms with E-state index in [0.717, 1.165) is 36.8 Å². The largest absolute Gasteiger partial charge is 0.378 e. The third-order valence-electron chi connectivity index (χ3n) is 3.57. The minimum Gasteiger partial charge on any atom is -0.378 e. The first-order valence-electron chi connectivity index (χ1n) is 6.63. The Morgan fingerprint density at radius 2 is 2.22 bits per heavy atom. The van der Waals surface area contributed by atoms with E-state index in [9.17, 15) is 0 Å². The molecule has 1 aliphatic carbocycles. The number of hydrogen-bond donors (Lipinski definition) is 1. The van der Waals surface area contributed by atoms with Crippen LogP contribution in [0.5, 0.6) is 0 Å². The zero-order chi connectivity index (χ0) is 12.5. The molecule has 1 aliphatic heterocycles. The summed E-state index contributed by atoms with van der Waals surface area (Å²) in [5.41, 5.74) is 6.94. The van der Waals surface area contributed by atoms with Crippen LogP contribution in [0.15, 0.2) is 6.07 Å². The molecule has 3 rings (SSSR count). The maximum absolute atomic E-state index is 5.96. The normalized spacial score (nSPS) is 23.7. The van der Waals surface area contributed by atoms with Gasteiger partial charge >= 0.3 is 0 Å². The number of rotatable bonds is 4. The van der Waals surface area contributed by atoms with Crippen molar-refractivity contribution in [3.8, 4) is 0 Å². The van der Waals surface area contributed by atoms with E-state index in [0.29, 0.717) is 12.5 Å². The van der Waals surface area contributed by atoms with Crippen LogP contribution in [0.25, 0.3) is 0 Å². The molecule has 1 atom stereocenters. The van der Waals surface area contributed by atoms with Gasteiger partial charge in [-0.2, -0.15) is 0 Å². The molecule has 2 heterocycles. The van der Waals surface area contributed by atoms with Crippen molar-refractivity contribution in [3.63, 3.8) is 0 Å². The average molecular weight is 248 g/mol. The number of nitrogens with zero attached hydrogens (tertiary/aromatic N) is 3. The van der Waals surface area contributed by atoms with Gasteiger partial charge in [-0.1, -0.05) is 0 Å². The number of methoxy groups -OCH3 is 1. The third-order valence-corrected chi connectivity index (χ3v) is 3.57. The smallest absolute Gasteiger partial charge is 0.134 e. The van der Waals surface area contributed by atoms with Crippen molar-refractivity contribution in [2.24, 2.45) is 5.73 Å². The summed E-state index contributed by atoms with van der Waals surface area (Å²) in [4.78, 5) is 11.5. The van der Waals surface area contributed by atoms with Gasteiger partial charge in [-0.25, -0.2) is 9.97 Å². The molecule has 0 unspecified atom stereocenters. The molecule has 5 heteroatoms. The van der Waals surface area contributed by atoms with E-state index in [4.69, 9.17) is 15.5 Å². The third kappa shape index (κ3) is 2.47. The second kappa shape index (κ2) is 4.82. The van der Waals surface area contributed by atoms with Crippen LogP contribution in [-0.2, 0) is 11.3 Å². The number of hydrogen-bond acceptors (Lipinski definition) is 5. The van der Waals surface area contributed by atoms with E-state index >= 15 is 0 Å². The summed E-state index contributed by atoms with van der Waals surface area (Å²) in [7, 11) is 1.70. The fourth-order valence-electron chi connectivity index (χ4n) is 2.41. The van der Waals surface area contributed by atoms with E-state index in [1.54, 1.807) is 7.11 Å². The van der Waals surface area contributed by atoms with Gasteiger partial charge in [-0.05, 0) is 19.3 Å². The second-order valence-electron chi connectivity index (χ2n) is 5.28. The predicted octanol–water partition coefficient (Wildman–Crippen LogP) is 1.04. The minimum atomic E-state index is 0.273. The Morgan fingerprint density at radius 1 is 1.39 bits per heavy atom. The van der Waals surface area contributed by atoms with Crippen molar-refractivity contribution >= 4 is 5.82 Å². The Hall–Kier alpha value is -1.20. The molecule has 0 aromatic carbocycles. The lowest BCUT2D eigenvalue weighted by Crippen LogP contribution is -2.27.